The van der Waals surface area contributed by atoms with Gasteiger partial charge in [-0.2, -0.15) is 0 Å². The van der Waals surface area contributed by atoms with E-state index in [1.54, 1.807) is 24.3 Å². The topological polar surface area (TPSA) is 61.4 Å². The van der Waals surface area contributed by atoms with Gasteiger partial charge < -0.3 is 10.4 Å². The minimum absolute atomic E-state index is 0.0426. The molecule has 0 aliphatic carbocycles. The first-order valence-electron chi connectivity index (χ1n) is 4.90. The van der Waals surface area contributed by atoms with Crippen LogP contribution in [0, 0.1) is 12.3 Å². The van der Waals surface area contributed by atoms with Crippen molar-refractivity contribution in [3.8, 4) is 12.3 Å². The summed E-state index contributed by atoms with van der Waals surface area (Å²) >= 11 is 0. The highest BCUT2D eigenvalue weighted by Gasteiger charge is 2.01. The summed E-state index contributed by atoms with van der Waals surface area (Å²) in [5, 5.41) is 14.4. The Balaban J connectivity index is 2.46. The van der Waals surface area contributed by atoms with Crippen molar-refractivity contribution < 1.29 is 9.90 Å². The zero-order valence-corrected chi connectivity index (χ0v) is 8.86. The number of anilines is 1. The number of benzene rings is 1. The Kier molecular flexibility index (Phi) is 5.06. The Bertz CT molecular complexity index is 396. The molecule has 3 N–H and O–H groups in total. The molecule has 0 saturated carbocycles. The predicted octanol–water partition coefficient (Wildman–Crippen LogP) is 0.340. The lowest BCUT2D eigenvalue weighted by Crippen LogP contribution is -2.28. The van der Waals surface area contributed by atoms with Crippen LogP contribution in [0.1, 0.15) is 5.56 Å². The third-order valence-electron chi connectivity index (χ3n) is 1.91. The highest BCUT2D eigenvalue weighted by atomic mass is 16.3. The summed E-state index contributed by atoms with van der Waals surface area (Å²) in [6.45, 7) is 0.497. The number of nitrogens with one attached hydrogen (secondary N) is 2. The molecule has 16 heavy (non-hydrogen) atoms. The van der Waals surface area contributed by atoms with Crippen LogP contribution in [-0.4, -0.2) is 24.1 Å². The summed E-state index contributed by atoms with van der Waals surface area (Å²) in [5.74, 6) is 2.22. The summed E-state index contributed by atoms with van der Waals surface area (Å²) < 4.78 is 0. The number of carbonyl (C=O) groups excluding carboxylic acids is 1. The van der Waals surface area contributed by atoms with Crippen LogP contribution in [0.25, 0.3) is 0 Å². The number of hydrogen-bond donors (Lipinski definition) is 3. The van der Waals surface area contributed by atoms with Crippen molar-refractivity contribution in [3.05, 3.63) is 29.8 Å². The van der Waals surface area contributed by atoms with Crippen LogP contribution in [0.2, 0.25) is 0 Å². The molecule has 0 bridgehead atoms. The molecule has 1 amide bonds. The first-order valence-corrected chi connectivity index (χ1v) is 4.90. The van der Waals surface area contributed by atoms with Gasteiger partial charge in [0.05, 0.1) is 19.7 Å². The van der Waals surface area contributed by atoms with Crippen molar-refractivity contribution >= 4 is 11.6 Å². The Hall–Kier alpha value is -1.83. The molecule has 0 aliphatic rings. The number of carbonyl (C=O) groups is 1. The van der Waals surface area contributed by atoms with Gasteiger partial charge in [-0.3, -0.25) is 10.1 Å². The molecule has 0 saturated heterocycles. The van der Waals surface area contributed by atoms with Gasteiger partial charge in [-0.05, 0) is 17.7 Å². The van der Waals surface area contributed by atoms with Crippen molar-refractivity contribution in [3.63, 3.8) is 0 Å². The highest BCUT2D eigenvalue weighted by Crippen LogP contribution is 2.09. The van der Waals surface area contributed by atoms with Crippen molar-refractivity contribution in [1.29, 1.82) is 0 Å². The van der Waals surface area contributed by atoms with E-state index in [1.165, 1.54) is 0 Å². The highest BCUT2D eigenvalue weighted by molar-refractivity contribution is 5.92. The summed E-state index contributed by atoms with van der Waals surface area (Å²) in [4.78, 5) is 11.4. The predicted molar refractivity (Wildman–Crippen MR) is 62.7 cm³/mol. The minimum atomic E-state index is -0.162. The van der Waals surface area contributed by atoms with E-state index in [-0.39, 0.29) is 19.1 Å². The molecule has 1 rings (SSSR count). The normalized spacial score (nSPS) is 9.50. The molecule has 84 valence electrons. The molecule has 0 fully saturated rings. The molecule has 0 heterocycles. The van der Waals surface area contributed by atoms with Gasteiger partial charge in [-0.1, -0.05) is 18.1 Å². The standard InChI is InChI=1S/C12H14N2O2/c1-2-6-13-8-12(16)14-11-5-3-4-10(7-11)9-15/h1,3-5,7,13,15H,6,8-9H2,(H,14,16). The van der Waals surface area contributed by atoms with E-state index in [0.717, 1.165) is 5.56 Å². The number of terminal acetylenes is 1. The monoisotopic (exact) mass is 218 g/mol. The van der Waals surface area contributed by atoms with Gasteiger partial charge in [0, 0.05) is 5.69 Å². The average Bonchev–Trinajstić information content (AvgIpc) is 2.29. The fourth-order valence-electron chi connectivity index (χ4n) is 1.20. The Morgan fingerprint density at radius 1 is 1.50 bits per heavy atom. The van der Waals surface area contributed by atoms with Gasteiger partial charge in [-0.25, -0.2) is 0 Å². The second-order valence-electron chi connectivity index (χ2n) is 3.21. The van der Waals surface area contributed by atoms with Crippen molar-refractivity contribution in [2.24, 2.45) is 0 Å². The molecule has 4 heteroatoms. The maximum Gasteiger partial charge on any atom is 0.238 e. The zero-order valence-electron chi connectivity index (χ0n) is 8.86. The lowest BCUT2D eigenvalue weighted by molar-refractivity contribution is -0.115. The molecular weight excluding hydrogens is 204 g/mol. The summed E-state index contributed by atoms with van der Waals surface area (Å²) in [5.41, 5.74) is 1.42. The van der Waals surface area contributed by atoms with Crippen LogP contribution in [0.4, 0.5) is 5.69 Å². The zero-order chi connectivity index (χ0) is 11.8. The number of aliphatic hydroxyl groups excluding tert-OH is 1. The van der Waals surface area contributed by atoms with Crippen LogP contribution in [0.15, 0.2) is 24.3 Å². The third kappa shape index (κ3) is 4.13. The van der Waals surface area contributed by atoms with E-state index in [1.807, 2.05) is 0 Å². The smallest absolute Gasteiger partial charge is 0.238 e. The Morgan fingerprint density at radius 2 is 2.31 bits per heavy atom. The molecule has 0 unspecified atom stereocenters. The summed E-state index contributed by atoms with van der Waals surface area (Å²) in [6.07, 6.45) is 5.03. The second-order valence-corrected chi connectivity index (χ2v) is 3.21. The number of rotatable bonds is 5. The molecular formula is C12H14N2O2. The first kappa shape index (κ1) is 12.2. The quantitative estimate of drug-likeness (QED) is 0.493. The van der Waals surface area contributed by atoms with Crippen LogP contribution in [-0.2, 0) is 11.4 Å². The average molecular weight is 218 g/mol. The fraction of sp³-hybridized carbons (Fsp3) is 0.250. The van der Waals surface area contributed by atoms with E-state index in [0.29, 0.717) is 12.2 Å². The minimum Gasteiger partial charge on any atom is -0.392 e. The van der Waals surface area contributed by atoms with Gasteiger partial charge in [0.15, 0.2) is 0 Å². The molecule has 4 nitrogen and oxygen atoms in total. The molecule has 0 atom stereocenters. The van der Waals surface area contributed by atoms with Crippen molar-refractivity contribution in [1.82, 2.24) is 5.32 Å². The van der Waals surface area contributed by atoms with Crippen molar-refractivity contribution in [2.45, 2.75) is 6.61 Å². The van der Waals surface area contributed by atoms with Crippen LogP contribution >= 0.6 is 0 Å². The van der Waals surface area contributed by atoms with Gasteiger partial charge in [0.1, 0.15) is 0 Å². The Labute approximate surface area is 94.7 Å². The van der Waals surface area contributed by atoms with Crippen molar-refractivity contribution in [2.75, 3.05) is 18.4 Å². The van der Waals surface area contributed by atoms with Crippen LogP contribution in [0.5, 0.6) is 0 Å². The van der Waals surface area contributed by atoms with E-state index in [9.17, 15) is 4.79 Å². The lowest BCUT2D eigenvalue weighted by atomic mass is 10.2. The first-order chi connectivity index (χ1) is 7.76. The maximum atomic E-state index is 11.4. The number of amides is 1. The SMILES string of the molecule is C#CCNCC(=O)Nc1cccc(CO)c1. The molecule has 0 aromatic heterocycles. The van der Waals surface area contributed by atoms with Crippen LogP contribution < -0.4 is 10.6 Å². The molecule has 0 radical (unpaired) electrons. The van der Waals surface area contributed by atoms with Crippen LogP contribution in [0.3, 0.4) is 0 Å². The molecule has 0 aliphatic heterocycles. The third-order valence-corrected chi connectivity index (χ3v) is 1.91. The van der Waals surface area contributed by atoms with E-state index >= 15 is 0 Å². The maximum absolute atomic E-state index is 11.4. The lowest BCUT2D eigenvalue weighted by Gasteiger charge is -2.06. The largest absolute Gasteiger partial charge is 0.392 e. The Morgan fingerprint density at radius 3 is 3.00 bits per heavy atom. The molecule has 1 aromatic rings. The fourth-order valence-corrected chi connectivity index (χ4v) is 1.20. The van der Waals surface area contributed by atoms with E-state index in [4.69, 9.17) is 11.5 Å². The summed E-state index contributed by atoms with van der Waals surface area (Å²) in [7, 11) is 0. The van der Waals surface area contributed by atoms with Gasteiger partial charge in [0.25, 0.3) is 0 Å². The van der Waals surface area contributed by atoms with Gasteiger partial charge in [0.2, 0.25) is 5.91 Å². The van der Waals surface area contributed by atoms with Gasteiger partial charge in [-0.15, -0.1) is 6.42 Å². The number of hydrogen-bond acceptors (Lipinski definition) is 3. The van der Waals surface area contributed by atoms with E-state index in [2.05, 4.69) is 16.6 Å². The molecule has 1 aromatic carbocycles. The van der Waals surface area contributed by atoms with E-state index < -0.39 is 0 Å². The van der Waals surface area contributed by atoms with Gasteiger partial charge >= 0.3 is 0 Å². The second kappa shape index (κ2) is 6.62. The molecule has 0 spiro atoms. The summed E-state index contributed by atoms with van der Waals surface area (Å²) in [6, 6.07) is 7.04. The number of aliphatic hydroxyl groups is 1.